The molecule has 1 amide bonds. The van der Waals surface area contributed by atoms with Crippen LogP contribution in [0.25, 0.3) is 11.3 Å². The topological polar surface area (TPSA) is 72.5 Å². The van der Waals surface area contributed by atoms with Crippen LogP contribution in [0, 0.1) is 0 Å². The van der Waals surface area contributed by atoms with E-state index in [0.717, 1.165) is 25.1 Å². The first-order valence-electron chi connectivity index (χ1n) is 7.35. The first kappa shape index (κ1) is 14.6. The maximum absolute atomic E-state index is 12.5. The summed E-state index contributed by atoms with van der Waals surface area (Å²) in [6.07, 6.45) is 0.998. The van der Waals surface area contributed by atoms with E-state index < -0.39 is 0 Å². The molecule has 0 aliphatic carbocycles. The molecule has 2 heterocycles. The fraction of sp³-hybridized carbons (Fsp3) is 0.375. The second-order valence-electron chi connectivity index (χ2n) is 5.83. The van der Waals surface area contributed by atoms with Crippen molar-refractivity contribution in [2.24, 2.45) is 0 Å². The first-order valence-corrected chi connectivity index (χ1v) is 7.35. The van der Waals surface area contributed by atoms with Gasteiger partial charge in [-0.15, -0.1) is 0 Å². The number of likely N-dealkylation sites (N-methyl/N-ethyl adjacent to an activating group) is 2. The number of phenolic OH excluding ortho intramolecular Hbond substituents is 1. The van der Waals surface area contributed by atoms with Gasteiger partial charge in [-0.1, -0.05) is 0 Å². The van der Waals surface area contributed by atoms with Crippen LogP contribution < -0.4 is 0 Å². The number of amides is 1. The van der Waals surface area contributed by atoms with Crippen molar-refractivity contribution in [3.8, 4) is 17.0 Å². The number of aromatic hydroxyl groups is 1. The lowest BCUT2D eigenvalue weighted by Gasteiger charge is -2.23. The number of aromatic nitrogens is 2. The summed E-state index contributed by atoms with van der Waals surface area (Å²) in [5.74, 6) is 0.165. The molecule has 0 spiro atoms. The summed E-state index contributed by atoms with van der Waals surface area (Å²) in [5, 5.41) is 16.3. The van der Waals surface area contributed by atoms with Crippen LogP contribution in [0.2, 0.25) is 0 Å². The summed E-state index contributed by atoms with van der Waals surface area (Å²) in [4.78, 5) is 16.5. The number of benzene rings is 1. The van der Waals surface area contributed by atoms with Crippen molar-refractivity contribution >= 4 is 5.91 Å². The molecule has 116 valence electrons. The van der Waals surface area contributed by atoms with Gasteiger partial charge in [0.15, 0.2) is 0 Å². The van der Waals surface area contributed by atoms with Crippen LogP contribution in [-0.2, 0) is 0 Å². The van der Waals surface area contributed by atoms with Crippen molar-refractivity contribution < 1.29 is 9.90 Å². The molecular weight excluding hydrogens is 280 g/mol. The van der Waals surface area contributed by atoms with E-state index in [1.807, 2.05) is 7.05 Å². The Bertz CT molecular complexity index is 665. The molecule has 1 fully saturated rings. The van der Waals surface area contributed by atoms with Crippen molar-refractivity contribution in [2.45, 2.75) is 12.5 Å². The maximum atomic E-state index is 12.5. The molecule has 1 aliphatic heterocycles. The van der Waals surface area contributed by atoms with Gasteiger partial charge in [-0.2, -0.15) is 5.10 Å². The summed E-state index contributed by atoms with van der Waals surface area (Å²) < 4.78 is 0. The van der Waals surface area contributed by atoms with Gasteiger partial charge in [0.1, 0.15) is 11.4 Å². The van der Waals surface area contributed by atoms with Crippen molar-refractivity contribution in [3.05, 3.63) is 36.0 Å². The average molecular weight is 300 g/mol. The number of H-pyrrole nitrogens is 1. The quantitative estimate of drug-likeness (QED) is 0.902. The van der Waals surface area contributed by atoms with Gasteiger partial charge in [0.25, 0.3) is 5.91 Å². The Morgan fingerprint density at radius 1 is 1.41 bits per heavy atom. The van der Waals surface area contributed by atoms with Crippen molar-refractivity contribution in [3.63, 3.8) is 0 Å². The average Bonchev–Trinajstić information content (AvgIpc) is 3.15. The number of phenols is 1. The van der Waals surface area contributed by atoms with Crippen LogP contribution in [0.1, 0.15) is 16.9 Å². The zero-order valence-corrected chi connectivity index (χ0v) is 12.8. The number of aromatic amines is 1. The van der Waals surface area contributed by atoms with Crippen LogP contribution in [0.15, 0.2) is 30.3 Å². The molecule has 0 radical (unpaired) electrons. The molecule has 0 bridgehead atoms. The minimum absolute atomic E-state index is 0.0437. The molecule has 1 unspecified atom stereocenters. The van der Waals surface area contributed by atoms with E-state index in [9.17, 15) is 9.90 Å². The third-order valence-corrected chi connectivity index (χ3v) is 4.21. The number of hydrogen-bond acceptors (Lipinski definition) is 4. The summed E-state index contributed by atoms with van der Waals surface area (Å²) >= 11 is 0. The standard InChI is InChI=1S/C16H20N4O2/c1-19-8-7-12(10-19)20(2)16(22)15-9-14(17-18-15)11-3-5-13(21)6-4-11/h3-6,9,12,21H,7-8,10H2,1-2H3,(H,17,18). The number of hydrogen-bond donors (Lipinski definition) is 2. The Labute approximate surface area is 129 Å². The van der Waals surface area contributed by atoms with Crippen LogP contribution in [-0.4, -0.2) is 64.2 Å². The molecule has 1 aromatic carbocycles. The predicted molar refractivity (Wildman–Crippen MR) is 83.7 cm³/mol. The summed E-state index contributed by atoms with van der Waals surface area (Å²) in [5.41, 5.74) is 2.04. The largest absolute Gasteiger partial charge is 0.508 e. The van der Waals surface area contributed by atoms with E-state index in [2.05, 4.69) is 22.1 Å². The van der Waals surface area contributed by atoms with E-state index in [4.69, 9.17) is 0 Å². The Morgan fingerprint density at radius 3 is 2.77 bits per heavy atom. The fourth-order valence-corrected chi connectivity index (χ4v) is 2.80. The minimum Gasteiger partial charge on any atom is -0.508 e. The SMILES string of the molecule is CN1CCC(N(C)C(=O)c2cc(-c3ccc(O)cc3)n[nH]2)C1. The molecule has 1 atom stereocenters. The highest BCUT2D eigenvalue weighted by atomic mass is 16.3. The van der Waals surface area contributed by atoms with Crippen molar-refractivity contribution in [1.29, 1.82) is 0 Å². The highest BCUT2D eigenvalue weighted by Crippen LogP contribution is 2.21. The smallest absolute Gasteiger partial charge is 0.271 e. The third-order valence-electron chi connectivity index (χ3n) is 4.21. The van der Waals surface area contributed by atoms with E-state index >= 15 is 0 Å². The number of nitrogens with zero attached hydrogens (tertiary/aromatic N) is 3. The van der Waals surface area contributed by atoms with Gasteiger partial charge >= 0.3 is 0 Å². The molecule has 1 saturated heterocycles. The third kappa shape index (κ3) is 2.82. The van der Waals surface area contributed by atoms with Gasteiger partial charge in [0.05, 0.1) is 5.69 Å². The van der Waals surface area contributed by atoms with Crippen LogP contribution in [0.4, 0.5) is 0 Å². The summed E-state index contributed by atoms with van der Waals surface area (Å²) in [6.45, 7) is 1.92. The lowest BCUT2D eigenvalue weighted by Crippen LogP contribution is -2.38. The number of carbonyl (C=O) groups is 1. The number of likely N-dealkylation sites (tertiary alicyclic amines) is 1. The summed E-state index contributed by atoms with van der Waals surface area (Å²) in [7, 11) is 3.91. The molecule has 6 nitrogen and oxygen atoms in total. The van der Waals surface area contributed by atoms with Gasteiger partial charge in [-0.25, -0.2) is 0 Å². The Balaban J connectivity index is 1.75. The molecular formula is C16H20N4O2. The fourth-order valence-electron chi connectivity index (χ4n) is 2.80. The second kappa shape index (κ2) is 5.81. The zero-order valence-electron chi connectivity index (χ0n) is 12.8. The normalized spacial score (nSPS) is 18.5. The van der Waals surface area contributed by atoms with Gasteiger partial charge in [0.2, 0.25) is 0 Å². The predicted octanol–water partition coefficient (Wildman–Crippen LogP) is 1.56. The highest BCUT2D eigenvalue weighted by Gasteiger charge is 2.27. The zero-order chi connectivity index (χ0) is 15.7. The molecule has 1 aromatic heterocycles. The van der Waals surface area contributed by atoms with Gasteiger partial charge < -0.3 is 14.9 Å². The first-order chi connectivity index (χ1) is 10.5. The van der Waals surface area contributed by atoms with Crippen molar-refractivity contribution in [2.75, 3.05) is 27.2 Å². The number of rotatable bonds is 3. The Kier molecular flexibility index (Phi) is 3.85. The van der Waals surface area contributed by atoms with Crippen LogP contribution in [0.5, 0.6) is 5.75 Å². The van der Waals surface area contributed by atoms with E-state index in [0.29, 0.717) is 11.4 Å². The van der Waals surface area contributed by atoms with Gasteiger partial charge in [0, 0.05) is 25.2 Å². The molecule has 2 N–H and O–H groups in total. The lowest BCUT2D eigenvalue weighted by molar-refractivity contribution is 0.0731. The molecule has 22 heavy (non-hydrogen) atoms. The molecule has 6 heteroatoms. The van der Waals surface area contributed by atoms with E-state index in [1.54, 1.807) is 35.2 Å². The van der Waals surface area contributed by atoms with Gasteiger partial charge in [-0.3, -0.25) is 9.89 Å². The molecule has 3 rings (SSSR count). The van der Waals surface area contributed by atoms with E-state index in [1.165, 1.54) is 0 Å². The number of nitrogens with one attached hydrogen (secondary N) is 1. The van der Waals surface area contributed by atoms with E-state index in [-0.39, 0.29) is 17.7 Å². The number of carbonyl (C=O) groups excluding carboxylic acids is 1. The Morgan fingerprint density at radius 2 is 2.14 bits per heavy atom. The maximum Gasteiger partial charge on any atom is 0.271 e. The van der Waals surface area contributed by atoms with Crippen LogP contribution in [0.3, 0.4) is 0 Å². The minimum atomic E-state index is -0.0437. The molecule has 0 saturated carbocycles. The Hall–Kier alpha value is -2.34. The monoisotopic (exact) mass is 300 g/mol. The molecule has 1 aliphatic rings. The van der Waals surface area contributed by atoms with Crippen molar-refractivity contribution in [1.82, 2.24) is 20.0 Å². The van der Waals surface area contributed by atoms with Gasteiger partial charge in [-0.05, 0) is 50.3 Å². The molecule has 2 aromatic rings. The second-order valence-corrected chi connectivity index (χ2v) is 5.83. The summed E-state index contributed by atoms with van der Waals surface area (Å²) in [6, 6.07) is 8.75. The highest BCUT2D eigenvalue weighted by molar-refractivity contribution is 5.93. The lowest BCUT2D eigenvalue weighted by atomic mass is 10.1. The van der Waals surface area contributed by atoms with Crippen LogP contribution >= 0.6 is 0 Å².